The summed E-state index contributed by atoms with van der Waals surface area (Å²) in [7, 11) is 0. The Morgan fingerprint density at radius 3 is 2.73 bits per heavy atom. The molecule has 0 amide bonds. The number of ketones is 1. The van der Waals surface area contributed by atoms with Gasteiger partial charge in [-0.25, -0.2) is 0 Å². The van der Waals surface area contributed by atoms with Gasteiger partial charge in [0, 0.05) is 37.0 Å². The van der Waals surface area contributed by atoms with Gasteiger partial charge in [0.25, 0.3) is 0 Å². The van der Waals surface area contributed by atoms with E-state index in [0.717, 1.165) is 43.6 Å². The van der Waals surface area contributed by atoms with Crippen molar-refractivity contribution in [3.8, 4) is 0 Å². The number of para-hydroxylation sites is 1. The van der Waals surface area contributed by atoms with E-state index in [4.69, 9.17) is 0 Å². The molecule has 1 fully saturated rings. The van der Waals surface area contributed by atoms with Crippen molar-refractivity contribution in [1.82, 2.24) is 9.88 Å². The third-order valence-electron chi connectivity index (χ3n) is 5.32. The molecule has 2 aromatic carbocycles. The highest BCUT2D eigenvalue weighted by molar-refractivity contribution is 5.84. The fraction of sp³-hybridized carbons (Fsp3) is 0.304. The van der Waals surface area contributed by atoms with Crippen molar-refractivity contribution in [2.45, 2.75) is 25.8 Å². The Kier molecular flexibility index (Phi) is 5.07. The first-order valence-electron chi connectivity index (χ1n) is 9.41. The van der Waals surface area contributed by atoms with Crippen LogP contribution in [-0.4, -0.2) is 28.8 Å². The predicted molar refractivity (Wildman–Crippen MR) is 105 cm³/mol. The molecule has 1 aliphatic rings. The van der Waals surface area contributed by atoms with E-state index in [0.29, 0.717) is 12.2 Å². The van der Waals surface area contributed by atoms with Gasteiger partial charge in [-0.15, -0.1) is 0 Å². The molecule has 0 bridgehead atoms. The van der Waals surface area contributed by atoms with Crippen LogP contribution in [0.2, 0.25) is 0 Å². The summed E-state index contributed by atoms with van der Waals surface area (Å²) in [5, 5.41) is 1.22. The van der Waals surface area contributed by atoms with Crippen LogP contribution < -0.4 is 0 Å². The fourth-order valence-electron chi connectivity index (χ4n) is 3.94. The van der Waals surface area contributed by atoms with Gasteiger partial charge in [-0.3, -0.25) is 14.7 Å². The monoisotopic (exact) mass is 344 g/mol. The van der Waals surface area contributed by atoms with Gasteiger partial charge in [0.15, 0.2) is 0 Å². The molecule has 0 aliphatic carbocycles. The zero-order valence-electron chi connectivity index (χ0n) is 15.0. The third-order valence-corrected chi connectivity index (χ3v) is 5.32. The standard InChI is InChI=1S/C23H24N2O/c26-23(15-18-7-2-1-3-8-18)20-9-6-14-25(17-20)16-19-12-13-24-22-11-5-4-10-21(19)22/h1-5,7-8,10-13,20H,6,9,14-17H2/t20-/m1/s1. The minimum atomic E-state index is 0.150. The molecule has 3 nitrogen and oxygen atoms in total. The lowest BCUT2D eigenvalue weighted by atomic mass is 9.90. The summed E-state index contributed by atoms with van der Waals surface area (Å²) in [6.07, 6.45) is 4.55. The summed E-state index contributed by atoms with van der Waals surface area (Å²) in [6, 6.07) is 20.5. The summed E-state index contributed by atoms with van der Waals surface area (Å²) in [5.41, 5.74) is 3.46. The number of carbonyl (C=O) groups is 1. The Morgan fingerprint density at radius 1 is 1.04 bits per heavy atom. The van der Waals surface area contributed by atoms with Gasteiger partial charge in [-0.05, 0) is 42.6 Å². The topological polar surface area (TPSA) is 33.2 Å². The van der Waals surface area contributed by atoms with E-state index in [9.17, 15) is 4.79 Å². The maximum absolute atomic E-state index is 12.7. The van der Waals surface area contributed by atoms with Crippen LogP contribution in [0.1, 0.15) is 24.0 Å². The van der Waals surface area contributed by atoms with E-state index < -0.39 is 0 Å². The number of hydrogen-bond donors (Lipinski definition) is 0. The Bertz CT molecular complexity index is 886. The first-order chi connectivity index (χ1) is 12.8. The number of rotatable bonds is 5. The van der Waals surface area contributed by atoms with Crippen molar-refractivity contribution in [2.75, 3.05) is 13.1 Å². The van der Waals surface area contributed by atoms with Crippen LogP contribution in [0.5, 0.6) is 0 Å². The largest absolute Gasteiger partial charge is 0.299 e. The van der Waals surface area contributed by atoms with Crippen LogP contribution in [0, 0.1) is 5.92 Å². The SMILES string of the molecule is O=C(Cc1ccccc1)[C@@H]1CCCN(Cc2ccnc3ccccc23)C1. The van der Waals surface area contributed by atoms with Gasteiger partial charge in [0.05, 0.1) is 5.52 Å². The predicted octanol–water partition coefficient (Wildman–Crippen LogP) is 4.26. The molecular formula is C23H24N2O. The molecular weight excluding hydrogens is 320 g/mol. The molecule has 3 aromatic rings. The van der Waals surface area contributed by atoms with Crippen molar-refractivity contribution in [1.29, 1.82) is 0 Å². The van der Waals surface area contributed by atoms with E-state index in [1.165, 1.54) is 10.9 Å². The van der Waals surface area contributed by atoms with Gasteiger partial charge >= 0.3 is 0 Å². The van der Waals surface area contributed by atoms with Crippen molar-refractivity contribution in [3.63, 3.8) is 0 Å². The summed E-state index contributed by atoms with van der Waals surface area (Å²) in [6.45, 7) is 2.81. The van der Waals surface area contributed by atoms with Gasteiger partial charge in [0.2, 0.25) is 0 Å². The number of fused-ring (bicyclic) bond motifs is 1. The molecule has 1 atom stereocenters. The summed E-state index contributed by atoms with van der Waals surface area (Å²) in [5.74, 6) is 0.526. The Hall–Kier alpha value is -2.52. The van der Waals surface area contributed by atoms with E-state index in [1.807, 2.05) is 42.6 Å². The van der Waals surface area contributed by atoms with Gasteiger partial charge in [-0.1, -0.05) is 48.5 Å². The number of likely N-dealkylation sites (tertiary alicyclic amines) is 1. The molecule has 1 aromatic heterocycles. The highest BCUT2D eigenvalue weighted by atomic mass is 16.1. The smallest absolute Gasteiger partial charge is 0.141 e. The number of nitrogens with zero attached hydrogens (tertiary/aromatic N) is 2. The highest BCUT2D eigenvalue weighted by Crippen LogP contribution is 2.23. The zero-order valence-corrected chi connectivity index (χ0v) is 15.0. The third kappa shape index (κ3) is 3.83. The van der Waals surface area contributed by atoms with E-state index in [-0.39, 0.29) is 5.92 Å². The number of benzene rings is 2. The molecule has 132 valence electrons. The lowest BCUT2D eigenvalue weighted by Crippen LogP contribution is -2.38. The van der Waals surface area contributed by atoms with Crippen LogP contribution in [0.25, 0.3) is 10.9 Å². The van der Waals surface area contributed by atoms with E-state index in [2.05, 4.69) is 34.1 Å². The average Bonchev–Trinajstić information content (AvgIpc) is 2.69. The second-order valence-corrected chi connectivity index (χ2v) is 7.19. The molecule has 1 aliphatic heterocycles. The molecule has 3 heteroatoms. The first kappa shape index (κ1) is 16.9. The minimum absolute atomic E-state index is 0.150. The average molecular weight is 344 g/mol. The summed E-state index contributed by atoms with van der Waals surface area (Å²) in [4.78, 5) is 19.6. The number of piperidine rings is 1. The van der Waals surface area contributed by atoms with Gasteiger partial charge < -0.3 is 0 Å². The summed E-state index contributed by atoms with van der Waals surface area (Å²) < 4.78 is 0. The number of carbonyl (C=O) groups excluding carboxylic acids is 1. The van der Waals surface area contributed by atoms with Gasteiger partial charge in [0.1, 0.15) is 5.78 Å². The minimum Gasteiger partial charge on any atom is -0.299 e. The van der Waals surface area contributed by atoms with Crippen LogP contribution in [-0.2, 0) is 17.8 Å². The molecule has 0 spiro atoms. The Labute approximate surface area is 154 Å². The maximum Gasteiger partial charge on any atom is 0.141 e. The number of hydrogen-bond acceptors (Lipinski definition) is 3. The van der Waals surface area contributed by atoms with Crippen molar-refractivity contribution >= 4 is 16.7 Å². The molecule has 0 radical (unpaired) electrons. The number of aromatic nitrogens is 1. The Morgan fingerprint density at radius 2 is 1.85 bits per heavy atom. The van der Waals surface area contributed by atoms with Crippen LogP contribution in [0.3, 0.4) is 0 Å². The highest BCUT2D eigenvalue weighted by Gasteiger charge is 2.25. The van der Waals surface area contributed by atoms with E-state index >= 15 is 0 Å². The van der Waals surface area contributed by atoms with Gasteiger partial charge in [-0.2, -0.15) is 0 Å². The zero-order chi connectivity index (χ0) is 17.8. The van der Waals surface area contributed by atoms with E-state index in [1.54, 1.807) is 0 Å². The first-order valence-corrected chi connectivity index (χ1v) is 9.41. The lowest BCUT2D eigenvalue weighted by molar-refractivity contribution is -0.123. The van der Waals surface area contributed by atoms with Crippen molar-refractivity contribution in [3.05, 3.63) is 78.0 Å². The number of Topliss-reactive ketones (excluding diaryl/α,β-unsaturated/α-hetero) is 1. The van der Waals surface area contributed by atoms with Crippen molar-refractivity contribution in [2.24, 2.45) is 5.92 Å². The Balaban J connectivity index is 1.44. The molecule has 0 unspecified atom stereocenters. The lowest BCUT2D eigenvalue weighted by Gasteiger charge is -2.32. The normalized spacial score (nSPS) is 18.1. The molecule has 1 saturated heterocycles. The summed E-state index contributed by atoms with van der Waals surface area (Å²) >= 11 is 0. The molecule has 26 heavy (non-hydrogen) atoms. The van der Waals surface area contributed by atoms with Crippen molar-refractivity contribution < 1.29 is 4.79 Å². The number of pyridine rings is 1. The van der Waals surface area contributed by atoms with Crippen LogP contribution in [0.4, 0.5) is 0 Å². The quantitative estimate of drug-likeness (QED) is 0.693. The molecule has 0 saturated carbocycles. The molecule has 0 N–H and O–H groups in total. The second-order valence-electron chi connectivity index (χ2n) is 7.19. The maximum atomic E-state index is 12.7. The van der Waals surface area contributed by atoms with Crippen LogP contribution in [0.15, 0.2) is 66.9 Å². The molecule has 2 heterocycles. The molecule has 4 rings (SSSR count). The fourth-order valence-corrected chi connectivity index (χ4v) is 3.94. The van der Waals surface area contributed by atoms with Crippen LogP contribution >= 0.6 is 0 Å². The second kappa shape index (κ2) is 7.79.